The number of hydrogen-bond donors (Lipinski definition) is 1. The van der Waals surface area contributed by atoms with Crippen molar-refractivity contribution >= 4 is 5.91 Å². The number of carbonyl (C=O) groups is 1. The lowest BCUT2D eigenvalue weighted by molar-refractivity contribution is -0.125. The maximum atomic E-state index is 11.4. The van der Waals surface area contributed by atoms with Crippen molar-refractivity contribution in [3.63, 3.8) is 0 Å². The number of hydrogen-bond acceptors (Lipinski definition) is 2. The van der Waals surface area contributed by atoms with Crippen molar-refractivity contribution in [3.05, 3.63) is 0 Å². The lowest BCUT2D eigenvalue weighted by Gasteiger charge is -2.10. The third-order valence-corrected chi connectivity index (χ3v) is 2.57. The molecule has 0 aliphatic heterocycles. The second kappa shape index (κ2) is 5.22. The Morgan fingerprint density at radius 3 is 2.85 bits per heavy atom. The maximum absolute atomic E-state index is 11.4. The van der Waals surface area contributed by atoms with Gasteiger partial charge in [-0.25, -0.2) is 0 Å². The Bertz CT molecular complexity index is 166. The van der Waals surface area contributed by atoms with Crippen LogP contribution in [0.25, 0.3) is 0 Å². The van der Waals surface area contributed by atoms with Gasteiger partial charge in [-0.2, -0.15) is 0 Å². The molecule has 1 rings (SSSR count). The van der Waals surface area contributed by atoms with Crippen molar-refractivity contribution in [2.45, 2.75) is 26.2 Å². The maximum Gasteiger partial charge on any atom is 0.223 e. The predicted octanol–water partition coefficient (Wildman–Crippen LogP) is 1.19. The molecule has 1 saturated carbocycles. The third-order valence-electron chi connectivity index (χ3n) is 2.57. The van der Waals surface area contributed by atoms with Crippen molar-refractivity contribution in [1.29, 1.82) is 0 Å². The molecule has 0 heterocycles. The number of nitrogens with one attached hydrogen (secondary N) is 1. The summed E-state index contributed by atoms with van der Waals surface area (Å²) in [6, 6.07) is 0. The molecule has 1 N–H and O–H groups in total. The highest BCUT2D eigenvalue weighted by Crippen LogP contribution is 2.36. The van der Waals surface area contributed by atoms with E-state index < -0.39 is 0 Å². The molecule has 0 bridgehead atoms. The fourth-order valence-corrected chi connectivity index (χ4v) is 1.40. The Labute approximate surface area is 79.8 Å². The molecule has 0 radical (unpaired) electrons. The number of rotatable bonds is 6. The lowest BCUT2D eigenvalue weighted by Crippen LogP contribution is -2.31. The lowest BCUT2D eigenvalue weighted by atomic mass is 10.1. The average molecular weight is 185 g/mol. The van der Waals surface area contributed by atoms with Crippen LogP contribution >= 0.6 is 0 Å². The number of carbonyl (C=O) groups excluding carboxylic acids is 1. The summed E-state index contributed by atoms with van der Waals surface area (Å²) in [5, 5.41) is 2.92. The van der Waals surface area contributed by atoms with Gasteiger partial charge in [0.05, 0.1) is 0 Å². The first-order valence-electron chi connectivity index (χ1n) is 5.02. The summed E-state index contributed by atoms with van der Waals surface area (Å²) in [5.41, 5.74) is 0. The van der Waals surface area contributed by atoms with Gasteiger partial charge in [0.2, 0.25) is 5.91 Å². The summed E-state index contributed by atoms with van der Waals surface area (Å²) < 4.78 is 4.89. The van der Waals surface area contributed by atoms with Crippen LogP contribution in [-0.4, -0.2) is 26.2 Å². The van der Waals surface area contributed by atoms with E-state index in [0.717, 1.165) is 19.6 Å². The third kappa shape index (κ3) is 3.77. The molecule has 1 aliphatic carbocycles. The van der Waals surface area contributed by atoms with Crippen LogP contribution in [0.2, 0.25) is 0 Å². The molecular formula is C10H19NO2. The molecule has 13 heavy (non-hydrogen) atoms. The molecule has 1 amide bonds. The molecule has 0 spiro atoms. The first-order valence-corrected chi connectivity index (χ1v) is 5.02. The van der Waals surface area contributed by atoms with E-state index in [1.807, 2.05) is 6.92 Å². The Kier molecular flexibility index (Phi) is 4.22. The summed E-state index contributed by atoms with van der Waals surface area (Å²) in [6.45, 7) is 3.48. The van der Waals surface area contributed by atoms with Crippen LogP contribution < -0.4 is 5.32 Å². The van der Waals surface area contributed by atoms with Crippen LogP contribution in [0.4, 0.5) is 0 Å². The van der Waals surface area contributed by atoms with Crippen LogP contribution in [0.5, 0.6) is 0 Å². The topological polar surface area (TPSA) is 38.3 Å². The molecule has 1 unspecified atom stereocenters. The minimum absolute atomic E-state index is 0.207. The minimum atomic E-state index is 0.207. The van der Waals surface area contributed by atoms with Crippen molar-refractivity contribution in [1.82, 2.24) is 5.32 Å². The van der Waals surface area contributed by atoms with E-state index in [0.29, 0.717) is 5.92 Å². The van der Waals surface area contributed by atoms with E-state index >= 15 is 0 Å². The van der Waals surface area contributed by atoms with Crippen molar-refractivity contribution in [2.24, 2.45) is 11.8 Å². The fourth-order valence-electron chi connectivity index (χ4n) is 1.40. The van der Waals surface area contributed by atoms with Crippen LogP contribution in [-0.2, 0) is 9.53 Å². The summed E-state index contributed by atoms with van der Waals surface area (Å²) in [5.74, 6) is 1.07. The SMILES string of the molecule is COCCCNC(=O)C(C)C1CC1. The van der Waals surface area contributed by atoms with Crippen LogP contribution in [0, 0.1) is 11.8 Å². The zero-order chi connectivity index (χ0) is 9.68. The summed E-state index contributed by atoms with van der Waals surface area (Å²) >= 11 is 0. The van der Waals surface area contributed by atoms with Crippen molar-refractivity contribution in [3.8, 4) is 0 Å². The summed E-state index contributed by atoms with van der Waals surface area (Å²) in [4.78, 5) is 11.4. The van der Waals surface area contributed by atoms with Gasteiger partial charge in [-0.05, 0) is 25.2 Å². The average Bonchev–Trinajstić information content (AvgIpc) is 2.94. The largest absolute Gasteiger partial charge is 0.385 e. The Morgan fingerprint density at radius 1 is 1.62 bits per heavy atom. The zero-order valence-electron chi connectivity index (χ0n) is 8.51. The van der Waals surface area contributed by atoms with Gasteiger partial charge in [-0.1, -0.05) is 6.92 Å². The molecular weight excluding hydrogens is 166 g/mol. The molecule has 0 aromatic carbocycles. The van der Waals surface area contributed by atoms with Crippen molar-refractivity contribution < 1.29 is 9.53 Å². The molecule has 3 nitrogen and oxygen atoms in total. The Balaban J connectivity index is 2.02. The quantitative estimate of drug-likeness (QED) is 0.631. The monoisotopic (exact) mass is 185 g/mol. The number of amides is 1. The molecule has 1 aliphatic rings. The first-order chi connectivity index (χ1) is 6.25. The molecule has 0 aromatic heterocycles. The molecule has 0 saturated heterocycles. The van der Waals surface area contributed by atoms with E-state index in [1.54, 1.807) is 7.11 Å². The summed E-state index contributed by atoms with van der Waals surface area (Å²) in [6.07, 6.45) is 3.36. The first kappa shape index (κ1) is 10.5. The van der Waals surface area contributed by atoms with Gasteiger partial charge in [0.1, 0.15) is 0 Å². The van der Waals surface area contributed by atoms with Gasteiger partial charge < -0.3 is 10.1 Å². The van der Waals surface area contributed by atoms with Gasteiger partial charge in [0.15, 0.2) is 0 Å². The molecule has 1 fully saturated rings. The van der Waals surface area contributed by atoms with Crippen molar-refractivity contribution in [2.75, 3.05) is 20.3 Å². The van der Waals surface area contributed by atoms with Crippen LogP contribution in [0.3, 0.4) is 0 Å². The molecule has 0 aromatic rings. The molecule has 3 heteroatoms. The molecule has 76 valence electrons. The fraction of sp³-hybridized carbons (Fsp3) is 0.900. The summed E-state index contributed by atoms with van der Waals surface area (Å²) in [7, 11) is 1.68. The molecule has 1 atom stereocenters. The van der Waals surface area contributed by atoms with E-state index in [4.69, 9.17) is 4.74 Å². The van der Waals surface area contributed by atoms with Gasteiger partial charge in [0, 0.05) is 26.2 Å². The second-order valence-corrected chi connectivity index (χ2v) is 3.76. The standard InChI is InChI=1S/C10H19NO2/c1-8(9-4-5-9)10(12)11-6-3-7-13-2/h8-9H,3-7H2,1-2H3,(H,11,12). The highest BCUT2D eigenvalue weighted by atomic mass is 16.5. The van der Waals surface area contributed by atoms with Gasteiger partial charge in [0.25, 0.3) is 0 Å². The highest BCUT2D eigenvalue weighted by Gasteiger charge is 2.32. The van der Waals surface area contributed by atoms with E-state index in [-0.39, 0.29) is 11.8 Å². The second-order valence-electron chi connectivity index (χ2n) is 3.76. The van der Waals surface area contributed by atoms with Crippen LogP contribution in [0.1, 0.15) is 26.2 Å². The Morgan fingerprint density at radius 2 is 2.31 bits per heavy atom. The van der Waals surface area contributed by atoms with E-state index in [1.165, 1.54) is 12.8 Å². The minimum Gasteiger partial charge on any atom is -0.385 e. The van der Waals surface area contributed by atoms with Gasteiger partial charge >= 0.3 is 0 Å². The van der Waals surface area contributed by atoms with E-state index in [2.05, 4.69) is 5.32 Å². The normalized spacial score (nSPS) is 18.3. The zero-order valence-corrected chi connectivity index (χ0v) is 8.51. The Hall–Kier alpha value is -0.570. The van der Waals surface area contributed by atoms with Gasteiger partial charge in [-0.3, -0.25) is 4.79 Å². The predicted molar refractivity (Wildman–Crippen MR) is 51.4 cm³/mol. The highest BCUT2D eigenvalue weighted by molar-refractivity contribution is 5.78. The number of methoxy groups -OCH3 is 1. The van der Waals surface area contributed by atoms with Crippen LogP contribution in [0.15, 0.2) is 0 Å². The van der Waals surface area contributed by atoms with Gasteiger partial charge in [-0.15, -0.1) is 0 Å². The smallest absolute Gasteiger partial charge is 0.223 e. The van der Waals surface area contributed by atoms with E-state index in [9.17, 15) is 4.79 Å². The number of ether oxygens (including phenoxy) is 1.